The van der Waals surface area contributed by atoms with Crippen LogP contribution < -0.4 is 11.1 Å². The first-order chi connectivity index (χ1) is 6.67. The number of aromatic nitrogens is 2. The third-order valence-electron chi connectivity index (χ3n) is 2.03. The SMILES string of the molecule is CCC(CC)C(=O)Nc1nnc(N)s1. The quantitative estimate of drug-likeness (QED) is 0.795. The van der Waals surface area contributed by atoms with Crippen molar-refractivity contribution in [2.45, 2.75) is 26.7 Å². The number of hydrogen-bond donors (Lipinski definition) is 2. The Morgan fingerprint density at radius 2 is 2.14 bits per heavy atom. The molecule has 5 nitrogen and oxygen atoms in total. The summed E-state index contributed by atoms with van der Waals surface area (Å²) in [5.41, 5.74) is 5.39. The van der Waals surface area contributed by atoms with E-state index in [0.717, 1.165) is 12.8 Å². The number of rotatable bonds is 4. The second-order valence-electron chi connectivity index (χ2n) is 2.95. The zero-order chi connectivity index (χ0) is 10.6. The number of carbonyl (C=O) groups excluding carboxylic acids is 1. The fraction of sp³-hybridized carbons (Fsp3) is 0.625. The minimum absolute atomic E-state index is 0.00819. The first-order valence-electron chi connectivity index (χ1n) is 4.57. The highest BCUT2D eigenvalue weighted by atomic mass is 32.1. The molecular weight excluding hydrogens is 200 g/mol. The molecule has 1 rings (SSSR count). The van der Waals surface area contributed by atoms with E-state index in [9.17, 15) is 4.79 Å². The minimum atomic E-state index is -0.00819. The molecule has 0 bridgehead atoms. The van der Waals surface area contributed by atoms with Crippen LogP contribution in [0.2, 0.25) is 0 Å². The normalized spacial score (nSPS) is 10.5. The number of nitrogen functional groups attached to an aromatic ring is 1. The lowest BCUT2D eigenvalue weighted by atomic mass is 10.0. The van der Waals surface area contributed by atoms with Gasteiger partial charge in [-0.15, -0.1) is 10.2 Å². The largest absolute Gasteiger partial charge is 0.374 e. The third-order valence-corrected chi connectivity index (χ3v) is 2.69. The van der Waals surface area contributed by atoms with Crippen molar-refractivity contribution in [3.8, 4) is 0 Å². The van der Waals surface area contributed by atoms with Crippen molar-refractivity contribution in [1.29, 1.82) is 0 Å². The van der Waals surface area contributed by atoms with Gasteiger partial charge in [-0.3, -0.25) is 4.79 Å². The lowest BCUT2D eigenvalue weighted by Gasteiger charge is -2.09. The lowest BCUT2D eigenvalue weighted by Crippen LogP contribution is -2.21. The molecule has 0 aliphatic rings. The second kappa shape index (κ2) is 4.90. The van der Waals surface area contributed by atoms with Crippen molar-refractivity contribution in [3.05, 3.63) is 0 Å². The van der Waals surface area contributed by atoms with Crippen molar-refractivity contribution < 1.29 is 4.79 Å². The maximum absolute atomic E-state index is 11.6. The highest BCUT2D eigenvalue weighted by molar-refractivity contribution is 7.18. The summed E-state index contributed by atoms with van der Waals surface area (Å²) in [6, 6.07) is 0. The van der Waals surface area contributed by atoms with Crippen LogP contribution in [0.15, 0.2) is 0 Å². The number of amides is 1. The molecule has 0 aliphatic carbocycles. The number of carbonyl (C=O) groups is 1. The van der Waals surface area contributed by atoms with Gasteiger partial charge in [0.25, 0.3) is 0 Å². The number of anilines is 2. The van der Waals surface area contributed by atoms with Crippen molar-refractivity contribution in [3.63, 3.8) is 0 Å². The molecule has 0 fully saturated rings. The van der Waals surface area contributed by atoms with Crippen LogP contribution in [0.4, 0.5) is 10.3 Å². The summed E-state index contributed by atoms with van der Waals surface area (Å²) in [5, 5.41) is 10.9. The van der Waals surface area contributed by atoms with E-state index >= 15 is 0 Å². The smallest absolute Gasteiger partial charge is 0.229 e. The monoisotopic (exact) mass is 214 g/mol. The van der Waals surface area contributed by atoms with Gasteiger partial charge in [-0.05, 0) is 12.8 Å². The van der Waals surface area contributed by atoms with Crippen LogP contribution in [0.3, 0.4) is 0 Å². The lowest BCUT2D eigenvalue weighted by molar-refractivity contribution is -0.120. The van der Waals surface area contributed by atoms with Gasteiger partial charge in [-0.1, -0.05) is 25.2 Å². The number of nitrogens with one attached hydrogen (secondary N) is 1. The summed E-state index contributed by atoms with van der Waals surface area (Å²) in [4.78, 5) is 11.6. The molecule has 3 N–H and O–H groups in total. The fourth-order valence-electron chi connectivity index (χ4n) is 1.15. The zero-order valence-electron chi connectivity index (χ0n) is 8.28. The van der Waals surface area contributed by atoms with Gasteiger partial charge < -0.3 is 11.1 Å². The van der Waals surface area contributed by atoms with E-state index in [-0.39, 0.29) is 11.8 Å². The highest BCUT2D eigenvalue weighted by Crippen LogP contribution is 2.18. The maximum Gasteiger partial charge on any atom is 0.229 e. The van der Waals surface area contributed by atoms with Crippen molar-refractivity contribution >= 4 is 27.5 Å². The molecule has 0 spiro atoms. The van der Waals surface area contributed by atoms with Crippen LogP contribution in [0.1, 0.15) is 26.7 Å². The van der Waals surface area contributed by atoms with E-state index in [2.05, 4.69) is 15.5 Å². The molecule has 1 aromatic rings. The average Bonchev–Trinajstić information content (AvgIpc) is 2.53. The standard InChI is InChI=1S/C8H14N4OS/c1-3-5(4-2)6(13)10-8-12-11-7(9)14-8/h5H,3-4H2,1-2H3,(H2,9,11)(H,10,12,13). The Bertz CT molecular complexity index is 308. The Labute approximate surface area is 86.7 Å². The summed E-state index contributed by atoms with van der Waals surface area (Å²) in [7, 11) is 0. The number of hydrogen-bond acceptors (Lipinski definition) is 5. The first-order valence-corrected chi connectivity index (χ1v) is 5.38. The molecule has 0 atom stereocenters. The van der Waals surface area contributed by atoms with Gasteiger partial charge in [0, 0.05) is 5.92 Å². The Morgan fingerprint density at radius 3 is 2.57 bits per heavy atom. The van der Waals surface area contributed by atoms with Crippen LogP contribution in [0, 0.1) is 5.92 Å². The third kappa shape index (κ3) is 2.66. The fourth-order valence-corrected chi connectivity index (χ4v) is 1.67. The van der Waals surface area contributed by atoms with E-state index in [1.54, 1.807) is 0 Å². The molecule has 1 aromatic heterocycles. The molecule has 6 heteroatoms. The zero-order valence-corrected chi connectivity index (χ0v) is 9.10. The predicted molar refractivity (Wildman–Crippen MR) is 57.0 cm³/mol. The van der Waals surface area contributed by atoms with E-state index in [1.165, 1.54) is 11.3 Å². The molecule has 0 saturated heterocycles. The van der Waals surface area contributed by atoms with Gasteiger partial charge in [-0.25, -0.2) is 0 Å². The second-order valence-corrected chi connectivity index (χ2v) is 3.96. The average molecular weight is 214 g/mol. The van der Waals surface area contributed by atoms with Crippen molar-refractivity contribution in [2.75, 3.05) is 11.1 Å². The Hall–Kier alpha value is -1.17. The van der Waals surface area contributed by atoms with E-state index in [0.29, 0.717) is 10.3 Å². The van der Waals surface area contributed by atoms with Gasteiger partial charge >= 0.3 is 0 Å². The van der Waals surface area contributed by atoms with E-state index in [4.69, 9.17) is 5.73 Å². The molecule has 1 amide bonds. The molecule has 0 radical (unpaired) electrons. The summed E-state index contributed by atoms with van der Waals surface area (Å²) in [6.07, 6.45) is 1.66. The number of nitrogens with zero attached hydrogens (tertiary/aromatic N) is 2. The molecule has 78 valence electrons. The summed E-state index contributed by atoms with van der Waals surface area (Å²) < 4.78 is 0. The first kappa shape index (κ1) is 10.9. The van der Waals surface area contributed by atoms with Gasteiger partial charge in [0.05, 0.1) is 0 Å². The Kier molecular flexibility index (Phi) is 3.82. The molecule has 1 heterocycles. The van der Waals surface area contributed by atoms with Gasteiger partial charge in [0.1, 0.15) is 0 Å². The van der Waals surface area contributed by atoms with Gasteiger partial charge in [0.15, 0.2) is 0 Å². The van der Waals surface area contributed by atoms with Crippen LogP contribution in [-0.4, -0.2) is 16.1 Å². The molecular formula is C8H14N4OS. The van der Waals surface area contributed by atoms with Crippen molar-refractivity contribution in [1.82, 2.24) is 10.2 Å². The van der Waals surface area contributed by atoms with E-state index in [1.807, 2.05) is 13.8 Å². The van der Waals surface area contributed by atoms with E-state index < -0.39 is 0 Å². The Morgan fingerprint density at radius 1 is 1.50 bits per heavy atom. The van der Waals surface area contributed by atoms with Crippen molar-refractivity contribution in [2.24, 2.45) is 5.92 Å². The molecule has 0 unspecified atom stereocenters. The molecule has 14 heavy (non-hydrogen) atoms. The molecule has 0 aliphatic heterocycles. The molecule has 0 saturated carbocycles. The van der Waals surface area contributed by atoms with Crippen LogP contribution in [0.5, 0.6) is 0 Å². The minimum Gasteiger partial charge on any atom is -0.374 e. The number of nitrogens with two attached hydrogens (primary N) is 1. The highest BCUT2D eigenvalue weighted by Gasteiger charge is 2.15. The van der Waals surface area contributed by atoms with Gasteiger partial charge in [-0.2, -0.15) is 0 Å². The summed E-state index contributed by atoms with van der Waals surface area (Å²) >= 11 is 1.18. The Balaban J connectivity index is 2.56. The van der Waals surface area contributed by atoms with Crippen LogP contribution in [0.25, 0.3) is 0 Å². The van der Waals surface area contributed by atoms with Crippen LogP contribution >= 0.6 is 11.3 Å². The van der Waals surface area contributed by atoms with Crippen LogP contribution in [-0.2, 0) is 4.79 Å². The summed E-state index contributed by atoms with van der Waals surface area (Å²) in [5.74, 6) is 0.0336. The maximum atomic E-state index is 11.6. The van der Waals surface area contributed by atoms with Gasteiger partial charge in [0.2, 0.25) is 16.2 Å². The topological polar surface area (TPSA) is 80.9 Å². The molecule has 0 aromatic carbocycles. The summed E-state index contributed by atoms with van der Waals surface area (Å²) in [6.45, 7) is 3.98. The predicted octanol–water partition coefficient (Wildman–Crippen LogP) is 1.49.